The summed E-state index contributed by atoms with van der Waals surface area (Å²) in [7, 11) is -1.96. The van der Waals surface area contributed by atoms with Gasteiger partial charge in [-0.15, -0.1) is 0 Å². The Morgan fingerprint density at radius 3 is 1.86 bits per heavy atom. The molecule has 10 heteroatoms. The van der Waals surface area contributed by atoms with E-state index < -0.39 is 13.2 Å². The number of phenols is 2. The normalized spacial score (nSPS) is 11.2. The van der Waals surface area contributed by atoms with Gasteiger partial charge in [-0.2, -0.15) is 0 Å². The third-order valence-electron chi connectivity index (χ3n) is 8.51. The van der Waals surface area contributed by atoms with Crippen molar-refractivity contribution < 1.29 is 41.3 Å². The molecular formula is C39H43BrN3O5P. The predicted octanol–water partition coefficient (Wildman–Crippen LogP) is 4.12. The Labute approximate surface area is 299 Å². The summed E-state index contributed by atoms with van der Waals surface area (Å²) in [5.41, 5.74) is 0.806. The largest absolute Gasteiger partial charge is 1.00 e. The Hall–Kier alpha value is -4.46. The first-order valence-electron chi connectivity index (χ1n) is 16.4. The number of aromatic nitrogens is 1. The van der Waals surface area contributed by atoms with E-state index in [9.17, 15) is 19.8 Å². The fraction of sp³-hybridized carbons (Fsp3) is 0.256. The van der Waals surface area contributed by atoms with Crippen LogP contribution in [-0.4, -0.2) is 39.9 Å². The zero-order valence-electron chi connectivity index (χ0n) is 28.0. The number of halogens is 1. The van der Waals surface area contributed by atoms with Crippen molar-refractivity contribution in [1.29, 1.82) is 0 Å². The molecular weight excluding hydrogens is 701 g/mol. The molecule has 0 aliphatic rings. The van der Waals surface area contributed by atoms with Gasteiger partial charge in [-0.25, -0.2) is 0 Å². The Morgan fingerprint density at radius 2 is 1.35 bits per heavy atom. The molecule has 1 heterocycles. The van der Waals surface area contributed by atoms with Crippen LogP contribution in [0.1, 0.15) is 68.4 Å². The van der Waals surface area contributed by atoms with Crippen LogP contribution in [0.5, 0.6) is 11.5 Å². The first-order chi connectivity index (χ1) is 23.3. The number of carbonyl (C=O) groups is 2. The lowest BCUT2D eigenvalue weighted by Crippen LogP contribution is -3.00. The number of rotatable bonds is 14. The van der Waals surface area contributed by atoms with Crippen LogP contribution in [-0.2, 0) is 4.79 Å². The van der Waals surface area contributed by atoms with E-state index in [0.29, 0.717) is 18.5 Å². The van der Waals surface area contributed by atoms with E-state index in [0.717, 1.165) is 19.0 Å². The lowest BCUT2D eigenvalue weighted by atomic mass is 9.97. The maximum absolute atomic E-state index is 13.4. The Morgan fingerprint density at radius 1 is 0.796 bits per heavy atom. The summed E-state index contributed by atoms with van der Waals surface area (Å²) in [6, 6.07) is 35.0. The van der Waals surface area contributed by atoms with Crippen molar-refractivity contribution >= 4 is 40.7 Å². The Kier molecular flexibility index (Phi) is 13.2. The molecule has 0 bridgehead atoms. The number of carbonyl (C=O) groups excluding carboxylic acids is 2. The number of nitrogens with zero attached hydrogens (tertiary/aromatic N) is 1. The highest BCUT2D eigenvalue weighted by molar-refractivity contribution is 7.95. The molecule has 1 aromatic heterocycles. The zero-order valence-corrected chi connectivity index (χ0v) is 30.5. The third kappa shape index (κ3) is 8.41. The topological polar surface area (TPSA) is 125 Å². The van der Waals surface area contributed by atoms with Gasteiger partial charge in [0.05, 0.1) is 11.7 Å². The van der Waals surface area contributed by atoms with Gasteiger partial charge in [0.15, 0.2) is 11.5 Å². The van der Waals surface area contributed by atoms with Gasteiger partial charge in [0, 0.05) is 19.0 Å². The fourth-order valence-electron chi connectivity index (χ4n) is 6.12. The number of amides is 2. The van der Waals surface area contributed by atoms with Gasteiger partial charge in [0.25, 0.3) is 5.91 Å². The summed E-state index contributed by atoms with van der Waals surface area (Å²) in [6.07, 6.45) is 3.58. The van der Waals surface area contributed by atoms with Crippen LogP contribution in [0, 0.1) is 0 Å². The first kappa shape index (κ1) is 37.4. The Balaban J connectivity index is 0.00000541. The average molecular weight is 745 g/mol. The molecule has 0 radical (unpaired) electrons. The molecule has 0 saturated heterocycles. The van der Waals surface area contributed by atoms with Crippen LogP contribution in [0.15, 0.2) is 108 Å². The average Bonchev–Trinajstić information content (AvgIpc) is 3.50. The van der Waals surface area contributed by atoms with Gasteiger partial charge in [0.1, 0.15) is 40.4 Å². The number of hydrogen-bond acceptors (Lipinski definition) is 6. The van der Waals surface area contributed by atoms with Crippen LogP contribution < -0.4 is 43.5 Å². The number of benzene rings is 4. The first-order valence-corrected chi connectivity index (χ1v) is 18.4. The zero-order chi connectivity index (χ0) is 34.1. The van der Waals surface area contributed by atoms with Crippen molar-refractivity contribution in [1.82, 2.24) is 10.5 Å². The van der Waals surface area contributed by atoms with Crippen molar-refractivity contribution in [3.8, 4) is 22.8 Å². The molecule has 0 atom stereocenters. The van der Waals surface area contributed by atoms with Crippen molar-refractivity contribution in [2.75, 3.05) is 18.0 Å². The number of unbranched alkanes of at least 4 members (excludes halogenated alkanes) is 2. The standard InChI is InChI=1S/C39H42N3O5P.BrH/c1-4-40-39(46)37-36(38(47-42-37)32-25-31(27(2)3)33(43)26-34(32)44)41-35(45)23-15-8-16-24-48(28-17-9-5-10-18-28,29-19-11-6-12-20-29)30-21-13-7-14-22-30;/h5-7,9-14,17-22,25-27H,4,8,15-16,23-24H2,1-3H3,(H3-,40,41,42,43,44,45,46);1H. The summed E-state index contributed by atoms with van der Waals surface area (Å²) in [4.78, 5) is 26.2. The Bertz CT molecular complexity index is 1740. The molecule has 0 unspecified atom stereocenters. The summed E-state index contributed by atoms with van der Waals surface area (Å²) >= 11 is 0. The van der Waals surface area contributed by atoms with Gasteiger partial charge in [-0.05, 0) is 80.1 Å². The molecule has 4 aromatic carbocycles. The summed E-state index contributed by atoms with van der Waals surface area (Å²) in [5, 5.41) is 34.6. The second kappa shape index (κ2) is 17.3. The van der Waals surface area contributed by atoms with Crippen LogP contribution in [0.2, 0.25) is 0 Å². The highest BCUT2D eigenvalue weighted by atomic mass is 79.9. The van der Waals surface area contributed by atoms with Gasteiger partial charge < -0.3 is 42.4 Å². The van der Waals surface area contributed by atoms with E-state index in [2.05, 4.69) is 107 Å². The summed E-state index contributed by atoms with van der Waals surface area (Å²) in [6.45, 7) is 5.95. The molecule has 256 valence electrons. The fourth-order valence-corrected chi connectivity index (χ4v) is 10.5. The van der Waals surface area contributed by atoms with Gasteiger partial charge in [-0.1, -0.05) is 73.6 Å². The molecule has 0 spiro atoms. The molecule has 4 N–H and O–H groups in total. The molecule has 8 nitrogen and oxygen atoms in total. The number of nitrogens with one attached hydrogen (secondary N) is 2. The smallest absolute Gasteiger partial charge is 0.275 e. The van der Waals surface area contributed by atoms with E-state index in [1.807, 2.05) is 13.8 Å². The second-order valence-electron chi connectivity index (χ2n) is 12.1. The molecule has 5 aromatic rings. The maximum Gasteiger partial charge on any atom is 0.275 e. The van der Waals surface area contributed by atoms with Crippen LogP contribution in [0.3, 0.4) is 0 Å². The van der Waals surface area contributed by atoms with E-state index >= 15 is 0 Å². The molecule has 2 amide bonds. The summed E-state index contributed by atoms with van der Waals surface area (Å²) in [5.74, 6) is -1.12. The highest BCUT2D eigenvalue weighted by Gasteiger charge is 2.44. The van der Waals surface area contributed by atoms with Crippen LogP contribution in [0.4, 0.5) is 5.69 Å². The predicted molar refractivity (Wildman–Crippen MR) is 194 cm³/mol. The highest BCUT2D eigenvalue weighted by Crippen LogP contribution is 2.56. The minimum absolute atomic E-state index is 0. The minimum atomic E-state index is -1.96. The SMILES string of the molecule is CCNC(=O)c1noc(-c2cc(C(C)C)c(O)cc2O)c1NC(=O)CCCCC[P+](c1ccccc1)(c1ccccc1)c1ccccc1.[Br-]. The van der Waals surface area contributed by atoms with Crippen molar-refractivity contribution in [2.24, 2.45) is 0 Å². The molecule has 5 rings (SSSR count). The van der Waals surface area contributed by atoms with Crippen molar-refractivity contribution in [3.05, 3.63) is 114 Å². The molecule has 0 aliphatic carbocycles. The molecule has 0 fully saturated rings. The van der Waals surface area contributed by atoms with Crippen LogP contribution >= 0.6 is 7.26 Å². The third-order valence-corrected chi connectivity index (χ3v) is 13.0. The quantitative estimate of drug-likeness (QED) is 0.100. The van der Waals surface area contributed by atoms with E-state index in [1.54, 1.807) is 13.0 Å². The van der Waals surface area contributed by atoms with E-state index in [-0.39, 0.29) is 69.4 Å². The molecule has 0 aliphatic heterocycles. The van der Waals surface area contributed by atoms with Crippen molar-refractivity contribution in [2.45, 2.75) is 52.4 Å². The van der Waals surface area contributed by atoms with Gasteiger partial charge in [0.2, 0.25) is 5.91 Å². The lowest BCUT2D eigenvalue weighted by Gasteiger charge is -2.27. The van der Waals surface area contributed by atoms with Gasteiger partial charge in [-0.3, -0.25) is 9.59 Å². The number of phenolic OH excluding ortho intramolecular Hbond substituents is 2. The molecule has 49 heavy (non-hydrogen) atoms. The minimum Gasteiger partial charge on any atom is -1.00 e. The maximum atomic E-state index is 13.4. The number of anilines is 1. The number of aromatic hydroxyl groups is 2. The number of hydrogen-bond donors (Lipinski definition) is 4. The van der Waals surface area contributed by atoms with E-state index in [4.69, 9.17) is 4.52 Å². The van der Waals surface area contributed by atoms with Crippen LogP contribution in [0.25, 0.3) is 11.3 Å². The monoisotopic (exact) mass is 743 g/mol. The van der Waals surface area contributed by atoms with E-state index in [1.165, 1.54) is 22.0 Å². The van der Waals surface area contributed by atoms with Crippen molar-refractivity contribution in [3.63, 3.8) is 0 Å². The lowest BCUT2D eigenvalue weighted by molar-refractivity contribution is -0.116. The summed E-state index contributed by atoms with van der Waals surface area (Å²) < 4.78 is 5.55. The second-order valence-corrected chi connectivity index (χ2v) is 15.7. The van der Waals surface area contributed by atoms with Gasteiger partial charge >= 0.3 is 0 Å². The molecule has 0 saturated carbocycles.